The molecule has 144 valence electrons. The Balaban J connectivity index is 2.40. The lowest BCUT2D eigenvalue weighted by Crippen LogP contribution is -2.43. The number of ketones is 1. The van der Waals surface area contributed by atoms with Crippen molar-refractivity contribution in [3.8, 4) is 0 Å². The minimum absolute atomic E-state index is 0.0843. The van der Waals surface area contributed by atoms with Crippen molar-refractivity contribution in [1.82, 2.24) is 4.90 Å². The number of hydrogen-bond donors (Lipinski definition) is 1. The van der Waals surface area contributed by atoms with Crippen molar-refractivity contribution in [2.24, 2.45) is 5.92 Å². The monoisotopic (exact) mass is 365 g/mol. The second kappa shape index (κ2) is 8.14. The highest BCUT2D eigenvalue weighted by Gasteiger charge is 2.39. The SMILES string of the molecule is C=C1CC(CC)C(=O)O[C@@H]2CCN(C)CC=C(COC(=O)C1(C)O)C2=O. The summed E-state index contributed by atoms with van der Waals surface area (Å²) in [6.07, 6.45) is 1.66. The van der Waals surface area contributed by atoms with Crippen molar-refractivity contribution in [1.29, 1.82) is 0 Å². The van der Waals surface area contributed by atoms with E-state index in [1.165, 1.54) is 6.92 Å². The lowest BCUT2D eigenvalue weighted by molar-refractivity contribution is -0.163. The van der Waals surface area contributed by atoms with Crippen LogP contribution in [0.3, 0.4) is 0 Å². The minimum atomic E-state index is -1.94. The molecular weight excluding hydrogens is 338 g/mol. The number of carbonyl (C=O) groups is 3. The summed E-state index contributed by atoms with van der Waals surface area (Å²) in [7, 11) is 1.89. The zero-order valence-corrected chi connectivity index (χ0v) is 15.6. The van der Waals surface area contributed by atoms with Gasteiger partial charge in [-0.3, -0.25) is 9.59 Å². The minimum Gasteiger partial charge on any atom is -0.458 e. The summed E-state index contributed by atoms with van der Waals surface area (Å²) in [6.45, 7) is 7.69. The van der Waals surface area contributed by atoms with Gasteiger partial charge in [0.25, 0.3) is 0 Å². The molecule has 2 bridgehead atoms. The molecule has 7 nitrogen and oxygen atoms in total. The second-order valence-corrected chi connectivity index (χ2v) is 7.13. The Morgan fingerprint density at radius 1 is 1.38 bits per heavy atom. The number of rotatable bonds is 1. The number of hydrogen-bond acceptors (Lipinski definition) is 7. The first-order chi connectivity index (χ1) is 12.2. The molecule has 0 amide bonds. The number of nitrogens with zero attached hydrogens (tertiary/aromatic N) is 1. The highest BCUT2D eigenvalue weighted by Crippen LogP contribution is 2.28. The van der Waals surface area contributed by atoms with Gasteiger partial charge in [0.15, 0.2) is 11.7 Å². The Labute approximate surface area is 153 Å². The molecular formula is C19H27NO6. The molecule has 26 heavy (non-hydrogen) atoms. The number of likely N-dealkylation sites (N-methyl/N-ethyl adjacent to an activating group) is 1. The summed E-state index contributed by atoms with van der Waals surface area (Å²) in [4.78, 5) is 39.6. The van der Waals surface area contributed by atoms with E-state index in [9.17, 15) is 19.5 Å². The van der Waals surface area contributed by atoms with Gasteiger partial charge < -0.3 is 19.5 Å². The van der Waals surface area contributed by atoms with E-state index >= 15 is 0 Å². The maximum atomic E-state index is 12.8. The lowest BCUT2D eigenvalue weighted by atomic mass is 9.87. The molecule has 0 radical (unpaired) electrons. The zero-order valence-electron chi connectivity index (χ0n) is 15.6. The van der Waals surface area contributed by atoms with Crippen molar-refractivity contribution in [3.63, 3.8) is 0 Å². The standard InChI is InChI=1S/C19H27NO6/c1-5-13-10-12(2)19(3,24)18(23)25-11-14-6-8-20(4)9-7-15(16(14)21)26-17(13)22/h6,13,15,24H,2,5,7-11H2,1,3-4H3/t13?,15-,19?/m1/s1. The summed E-state index contributed by atoms with van der Waals surface area (Å²) in [5.41, 5.74) is -1.49. The van der Waals surface area contributed by atoms with Gasteiger partial charge in [0.1, 0.15) is 6.61 Å². The summed E-state index contributed by atoms with van der Waals surface area (Å²) in [6, 6.07) is 0. The number of aliphatic hydroxyl groups is 1. The van der Waals surface area contributed by atoms with Crippen LogP contribution in [0.5, 0.6) is 0 Å². The predicted molar refractivity (Wildman–Crippen MR) is 94.2 cm³/mol. The lowest BCUT2D eigenvalue weighted by Gasteiger charge is -2.30. The summed E-state index contributed by atoms with van der Waals surface area (Å²) in [5.74, 6) is -2.34. The molecule has 2 aliphatic heterocycles. The fraction of sp³-hybridized carbons (Fsp3) is 0.632. The van der Waals surface area contributed by atoms with Gasteiger partial charge in [0.05, 0.1) is 5.92 Å². The first kappa shape index (κ1) is 20.3. The zero-order chi connectivity index (χ0) is 19.5. The van der Waals surface area contributed by atoms with Crippen molar-refractivity contribution in [2.45, 2.75) is 44.8 Å². The van der Waals surface area contributed by atoms with Crippen LogP contribution < -0.4 is 0 Å². The van der Waals surface area contributed by atoms with Gasteiger partial charge in [-0.1, -0.05) is 19.6 Å². The van der Waals surface area contributed by atoms with Crippen molar-refractivity contribution in [3.05, 3.63) is 23.8 Å². The van der Waals surface area contributed by atoms with Crippen LogP contribution in [-0.4, -0.2) is 66.2 Å². The van der Waals surface area contributed by atoms with Crippen LogP contribution in [0.2, 0.25) is 0 Å². The topological polar surface area (TPSA) is 93.1 Å². The van der Waals surface area contributed by atoms with Crippen molar-refractivity contribution >= 4 is 17.7 Å². The number of carbonyl (C=O) groups excluding carboxylic acids is 3. The number of esters is 2. The van der Waals surface area contributed by atoms with Gasteiger partial charge in [-0.2, -0.15) is 0 Å². The van der Waals surface area contributed by atoms with Crippen LogP contribution in [0.4, 0.5) is 0 Å². The van der Waals surface area contributed by atoms with Crippen LogP contribution in [0.1, 0.15) is 33.1 Å². The van der Waals surface area contributed by atoms with Crippen molar-refractivity contribution < 1.29 is 29.0 Å². The van der Waals surface area contributed by atoms with E-state index in [1.807, 2.05) is 11.9 Å². The Bertz CT molecular complexity index is 636. The first-order valence-corrected chi connectivity index (χ1v) is 8.87. The third-order valence-electron chi connectivity index (χ3n) is 5.05. The Hall–Kier alpha value is -1.99. The maximum absolute atomic E-state index is 12.8. The molecule has 2 heterocycles. The fourth-order valence-corrected chi connectivity index (χ4v) is 2.93. The largest absolute Gasteiger partial charge is 0.458 e. The van der Waals surface area contributed by atoms with E-state index in [4.69, 9.17) is 9.47 Å². The van der Waals surface area contributed by atoms with Gasteiger partial charge in [0.2, 0.25) is 5.78 Å². The molecule has 2 aliphatic rings. The van der Waals surface area contributed by atoms with E-state index in [0.717, 1.165) is 0 Å². The van der Waals surface area contributed by atoms with Gasteiger partial charge in [-0.05, 0) is 32.4 Å². The first-order valence-electron chi connectivity index (χ1n) is 8.87. The van der Waals surface area contributed by atoms with E-state index in [-0.39, 0.29) is 30.0 Å². The van der Waals surface area contributed by atoms with E-state index in [2.05, 4.69) is 6.58 Å². The van der Waals surface area contributed by atoms with Crippen LogP contribution in [0.15, 0.2) is 23.8 Å². The molecule has 0 aromatic rings. The highest BCUT2D eigenvalue weighted by atomic mass is 16.6. The van der Waals surface area contributed by atoms with Crippen LogP contribution >= 0.6 is 0 Å². The average molecular weight is 365 g/mol. The number of ether oxygens (including phenoxy) is 2. The molecule has 0 aromatic heterocycles. The van der Waals surface area contributed by atoms with Crippen LogP contribution in [-0.2, 0) is 23.9 Å². The third kappa shape index (κ3) is 4.40. The van der Waals surface area contributed by atoms with Gasteiger partial charge in [0, 0.05) is 25.1 Å². The molecule has 0 saturated carbocycles. The van der Waals surface area contributed by atoms with Crippen molar-refractivity contribution in [2.75, 3.05) is 26.7 Å². The molecule has 1 N–H and O–H groups in total. The molecule has 1 saturated heterocycles. The molecule has 2 unspecified atom stereocenters. The summed E-state index contributed by atoms with van der Waals surface area (Å²) >= 11 is 0. The smallest absolute Gasteiger partial charge is 0.342 e. The molecule has 1 fully saturated rings. The van der Waals surface area contributed by atoms with E-state index < -0.39 is 29.6 Å². The summed E-state index contributed by atoms with van der Waals surface area (Å²) in [5, 5.41) is 10.5. The molecule has 7 heteroatoms. The predicted octanol–water partition coefficient (Wildman–Crippen LogP) is 1.01. The van der Waals surface area contributed by atoms with Gasteiger partial charge in [-0.25, -0.2) is 4.79 Å². The molecule has 0 aromatic carbocycles. The van der Waals surface area contributed by atoms with Gasteiger partial charge >= 0.3 is 11.9 Å². The normalized spacial score (nSPS) is 32.4. The highest BCUT2D eigenvalue weighted by molar-refractivity contribution is 6.00. The molecule has 3 atom stereocenters. The van der Waals surface area contributed by atoms with E-state index in [1.54, 1.807) is 13.0 Å². The third-order valence-corrected chi connectivity index (χ3v) is 5.05. The molecule has 2 rings (SSSR count). The Morgan fingerprint density at radius 2 is 2.08 bits per heavy atom. The Kier molecular flexibility index (Phi) is 6.36. The molecule has 0 spiro atoms. The van der Waals surface area contributed by atoms with E-state index in [0.29, 0.717) is 25.9 Å². The summed E-state index contributed by atoms with van der Waals surface area (Å²) < 4.78 is 10.7. The quantitative estimate of drug-likeness (QED) is 0.547. The van der Waals surface area contributed by atoms with Gasteiger partial charge in [-0.15, -0.1) is 0 Å². The fourth-order valence-electron chi connectivity index (χ4n) is 2.93. The number of fused-ring (bicyclic) bond motifs is 2. The Morgan fingerprint density at radius 3 is 2.73 bits per heavy atom. The van der Waals surface area contributed by atoms with Crippen LogP contribution in [0, 0.1) is 5.92 Å². The van der Waals surface area contributed by atoms with Crippen LogP contribution in [0.25, 0.3) is 0 Å². The molecule has 0 aliphatic carbocycles. The number of Topliss-reactive ketones (excluding diaryl/α,β-unsaturated/α-hetero) is 1. The number of cyclic esters (lactones) is 1. The maximum Gasteiger partial charge on any atom is 0.342 e. The average Bonchev–Trinajstić information content (AvgIpc) is 2.59. The second-order valence-electron chi connectivity index (χ2n) is 7.13.